The van der Waals surface area contributed by atoms with Crippen molar-refractivity contribution in [2.24, 2.45) is 0 Å². The number of ether oxygens (including phenoxy) is 1. The van der Waals surface area contributed by atoms with E-state index < -0.39 is 24.0 Å². The Bertz CT molecular complexity index is 1100. The number of nitrogens with one attached hydrogen (secondary N) is 3. The lowest BCUT2D eigenvalue weighted by molar-refractivity contribution is -0.122. The summed E-state index contributed by atoms with van der Waals surface area (Å²) in [5, 5.41) is 8.27. The van der Waals surface area contributed by atoms with Gasteiger partial charge in [-0.2, -0.15) is 0 Å². The molecule has 2 aromatic carbocycles. The molecule has 0 saturated carbocycles. The first-order valence-corrected chi connectivity index (χ1v) is 9.80. The Morgan fingerprint density at radius 3 is 2.65 bits per heavy atom. The molecule has 3 aromatic rings. The molecule has 0 fully saturated rings. The molecule has 0 radical (unpaired) electrons. The van der Waals surface area contributed by atoms with Gasteiger partial charge < -0.3 is 25.1 Å². The summed E-state index contributed by atoms with van der Waals surface area (Å²) in [6, 6.07) is 16.6. The van der Waals surface area contributed by atoms with Gasteiger partial charge >= 0.3 is 0 Å². The third kappa shape index (κ3) is 4.75. The molecule has 0 saturated heterocycles. The quantitative estimate of drug-likeness (QED) is 0.569. The van der Waals surface area contributed by atoms with Crippen LogP contribution in [0.2, 0.25) is 0 Å². The molecule has 31 heavy (non-hydrogen) atoms. The Balaban J connectivity index is 1.52. The number of carbonyl (C=O) groups excluding carboxylic acids is 3. The molecule has 3 N–H and O–H groups in total. The smallest absolute Gasteiger partial charge is 0.287 e. The van der Waals surface area contributed by atoms with E-state index in [1.165, 1.54) is 12.3 Å². The van der Waals surface area contributed by atoms with E-state index in [1.54, 1.807) is 31.2 Å². The highest BCUT2D eigenvalue weighted by molar-refractivity contribution is 6.02. The monoisotopic (exact) mass is 419 g/mol. The minimum absolute atomic E-state index is 0.119. The summed E-state index contributed by atoms with van der Waals surface area (Å²) in [5.74, 6) is -0.504. The molecular formula is C23H21N3O5. The zero-order valence-electron chi connectivity index (χ0n) is 16.8. The van der Waals surface area contributed by atoms with Crippen LogP contribution in [0.25, 0.3) is 0 Å². The maximum atomic E-state index is 13.0. The van der Waals surface area contributed by atoms with Crippen molar-refractivity contribution in [1.82, 2.24) is 5.32 Å². The summed E-state index contributed by atoms with van der Waals surface area (Å²) in [6.45, 7) is 1.66. The normalized spacial score (nSPS) is 15.8. The van der Waals surface area contributed by atoms with Gasteiger partial charge in [0.25, 0.3) is 11.8 Å². The second-order valence-electron chi connectivity index (χ2n) is 7.14. The molecule has 0 spiro atoms. The lowest BCUT2D eigenvalue weighted by atomic mass is 10.0. The van der Waals surface area contributed by atoms with Gasteiger partial charge in [-0.15, -0.1) is 0 Å². The lowest BCUT2D eigenvalue weighted by Crippen LogP contribution is -2.45. The molecule has 2 atom stereocenters. The molecule has 3 amide bonds. The van der Waals surface area contributed by atoms with Gasteiger partial charge in [-0.05, 0) is 42.8 Å². The molecule has 0 unspecified atom stereocenters. The largest absolute Gasteiger partial charge is 0.479 e. The van der Waals surface area contributed by atoms with Crippen molar-refractivity contribution < 1.29 is 23.5 Å². The van der Waals surface area contributed by atoms with Crippen molar-refractivity contribution in [3.63, 3.8) is 0 Å². The van der Waals surface area contributed by atoms with E-state index in [0.717, 1.165) is 5.56 Å². The number of hydrogen-bond donors (Lipinski definition) is 3. The number of carbonyl (C=O) groups is 3. The van der Waals surface area contributed by atoms with E-state index in [2.05, 4.69) is 16.0 Å². The molecule has 4 rings (SSSR count). The first-order valence-electron chi connectivity index (χ1n) is 9.80. The van der Waals surface area contributed by atoms with Gasteiger partial charge in [-0.1, -0.05) is 30.3 Å². The van der Waals surface area contributed by atoms with E-state index in [1.807, 2.05) is 30.3 Å². The molecular weight excluding hydrogens is 398 g/mol. The number of benzene rings is 2. The molecule has 2 heterocycles. The summed E-state index contributed by atoms with van der Waals surface area (Å²) in [7, 11) is 0. The standard InChI is InChI=1S/C23H21N3O5/c1-14-21(27)25-17-13-16(9-10-19(17)31-14)24-22(28)18(12-15-6-3-2-4-7-15)26-23(29)20-8-5-11-30-20/h2-11,13-14,18H,12H2,1H3,(H,24,28)(H,25,27)(H,26,29)/t14-,18+/m1/s1. The fraction of sp³-hybridized carbons (Fsp3) is 0.174. The average molecular weight is 419 g/mol. The van der Waals surface area contributed by atoms with Gasteiger partial charge in [0, 0.05) is 12.1 Å². The third-order valence-electron chi connectivity index (χ3n) is 4.83. The lowest BCUT2D eigenvalue weighted by Gasteiger charge is -2.24. The van der Waals surface area contributed by atoms with Crippen LogP contribution in [0.5, 0.6) is 5.75 Å². The highest BCUT2D eigenvalue weighted by Crippen LogP contribution is 2.32. The fourth-order valence-corrected chi connectivity index (χ4v) is 3.21. The van der Waals surface area contributed by atoms with Crippen molar-refractivity contribution in [3.8, 4) is 5.75 Å². The maximum Gasteiger partial charge on any atom is 0.287 e. The summed E-state index contributed by atoms with van der Waals surface area (Å²) in [4.78, 5) is 37.4. The van der Waals surface area contributed by atoms with Gasteiger partial charge in [-0.25, -0.2) is 0 Å². The Kier molecular flexibility index (Phi) is 5.70. The molecule has 8 nitrogen and oxygen atoms in total. The van der Waals surface area contributed by atoms with E-state index in [0.29, 0.717) is 23.5 Å². The van der Waals surface area contributed by atoms with Crippen molar-refractivity contribution in [3.05, 3.63) is 78.3 Å². The number of furan rings is 1. The summed E-state index contributed by atoms with van der Waals surface area (Å²) in [5.41, 5.74) is 1.83. The fourth-order valence-electron chi connectivity index (χ4n) is 3.21. The zero-order valence-corrected chi connectivity index (χ0v) is 16.8. The van der Waals surface area contributed by atoms with Crippen LogP contribution >= 0.6 is 0 Å². The van der Waals surface area contributed by atoms with Gasteiger partial charge in [0.1, 0.15) is 11.8 Å². The topological polar surface area (TPSA) is 110 Å². The summed E-state index contributed by atoms with van der Waals surface area (Å²) >= 11 is 0. The van der Waals surface area contributed by atoms with Crippen molar-refractivity contribution in [2.45, 2.75) is 25.5 Å². The Labute approximate surface area is 178 Å². The highest BCUT2D eigenvalue weighted by atomic mass is 16.5. The van der Waals surface area contributed by atoms with Crippen LogP contribution in [0.1, 0.15) is 23.0 Å². The summed E-state index contributed by atoms with van der Waals surface area (Å²) < 4.78 is 10.7. The number of anilines is 2. The maximum absolute atomic E-state index is 13.0. The average Bonchev–Trinajstić information content (AvgIpc) is 3.30. The minimum atomic E-state index is -0.845. The number of rotatable bonds is 6. The van der Waals surface area contributed by atoms with E-state index in [-0.39, 0.29) is 11.7 Å². The van der Waals surface area contributed by atoms with Gasteiger partial charge in [-0.3, -0.25) is 14.4 Å². The molecule has 158 valence electrons. The Morgan fingerprint density at radius 1 is 1.10 bits per heavy atom. The van der Waals surface area contributed by atoms with Crippen LogP contribution in [0, 0.1) is 0 Å². The van der Waals surface area contributed by atoms with Gasteiger partial charge in [0.2, 0.25) is 5.91 Å². The van der Waals surface area contributed by atoms with Crippen LogP contribution in [0.15, 0.2) is 71.3 Å². The highest BCUT2D eigenvalue weighted by Gasteiger charge is 2.26. The number of amides is 3. The number of fused-ring (bicyclic) bond motifs is 1. The van der Waals surface area contributed by atoms with Crippen LogP contribution < -0.4 is 20.7 Å². The van der Waals surface area contributed by atoms with Gasteiger partial charge in [0.05, 0.1) is 12.0 Å². The first kappa shape index (κ1) is 20.2. The van der Waals surface area contributed by atoms with Crippen LogP contribution in [-0.4, -0.2) is 29.9 Å². The molecule has 1 aliphatic heterocycles. The van der Waals surface area contributed by atoms with Crippen LogP contribution in [0.3, 0.4) is 0 Å². The second kappa shape index (κ2) is 8.74. The van der Waals surface area contributed by atoms with Crippen LogP contribution in [-0.2, 0) is 16.0 Å². The molecule has 1 aromatic heterocycles. The van der Waals surface area contributed by atoms with Crippen molar-refractivity contribution >= 4 is 29.1 Å². The molecule has 8 heteroatoms. The van der Waals surface area contributed by atoms with E-state index >= 15 is 0 Å². The first-order chi connectivity index (χ1) is 15.0. The van der Waals surface area contributed by atoms with E-state index in [9.17, 15) is 14.4 Å². The molecule has 0 aliphatic carbocycles. The van der Waals surface area contributed by atoms with Crippen molar-refractivity contribution in [2.75, 3.05) is 10.6 Å². The molecule has 1 aliphatic rings. The second-order valence-corrected chi connectivity index (χ2v) is 7.14. The van der Waals surface area contributed by atoms with Crippen molar-refractivity contribution in [1.29, 1.82) is 0 Å². The minimum Gasteiger partial charge on any atom is -0.479 e. The van der Waals surface area contributed by atoms with Gasteiger partial charge in [0.15, 0.2) is 11.9 Å². The number of hydrogen-bond acceptors (Lipinski definition) is 5. The Hall–Kier alpha value is -4.07. The predicted molar refractivity (Wildman–Crippen MR) is 114 cm³/mol. The van der Waals surface area contributed by atoms with E-state index in [4.69, 9.17) is 9.15 Å². The third-order valence-corrected chi connectivity index (χ3v) is 4.83. The Morgan fingerprint density at radius 2 is 1.90 bits per heavy atom. The SMILES string of the molecule is C[C@H]1Oc2ccc(NC(=O)[C@H](Cc3ccccc3)NC(=O)c3ccco3)cc2NC1=O. The summed E-state index contributed by atoms with van der Waals surface area (Å²) in [6.07, 6.45) is 1.10. The predicted octanol–water partition coefficient (Wildman–Crippen LogP) is 2.98. The molecule has 0 bridgehead atoms. The van der Waals surface area contributed by atoms with Crippen LogP contribution in [0.4, 0.5) is 11.4 Å². The zero-order chi connectivity index (χ0) is 21.8.